The fourth-order valence-electron chi connectivity index (χ4n) is 3.94. The van der Waals surface area contributed by atoms with Gasteiger partial charge in [0, 0.05) is 16.3 Å². The number of rotatable bonds is 5. The Hall–Kier alpha value is -1.26. The summed E-state index contributed by atoms with van der Waals surface area (Å²) in [6.45, 7) is 0.999. The summed E-state index contributed by atoms with van der Waals surface area (Å²) in [5.74, 6) is -0.256. The van der Waals surface area contributed by atoms with Gasteiger partial charge in [0.2, 0.25) is 0 Å². The van der Waals surface area contributed by atoms with Crippen molar-refractivity contribution >= 4 is 34.8 Å². The predicted molar refractivity (Wildman–Crippen MR) is 114 cm³/mol. The number of nitrogens with one attached hydrogen (secondary N) is 1. The van der Waals surface area contributed by atoms with Gasteiger partial charge >= 0.3 is 0 Å². The van der Waals surface area contributed by atoms with Crippen LogP contribution in [0, 0.1) is 0 Å². The average Bonchev–Trinajstić information content (AvgIpc) is 2.66. The molecule has 152 valence electrons. The van der Waals surface area contributed by atoms with E-state index in [0.29, 0.717) is 15.6 Å². The molecule has 0 spiro atoms. The SMILES string of the molecule is C[N+](C)(Cc1ccc(NC(=O)c2cc(Cl)ccc2Cl)cc1)C1CCCCC1.[Cl-]. The van der Waals surface area contributed by atoms with E-state index in [4.69, 9.17) is 23.2 Å². The molecule has 0 aliphatic heterocycles. The maximum absolute atomic E-state index is 12.5. The number of quaternary nitrogens is 1. The highest BCUT2D eigenvalue weighted by molar-refractivity contribution is 6.36. The van der Waals surface area contributed by atoms with Crippen LogP contribution in [0.4, 0.5) is 5.69 Å². The minimum atomic E-state index is -0.256. The molecule has 3 rings (SSSR count). The van der Waals surface area contributed by atoms with Gasteiger partial charge in [-0.15, -0.1) is 0 Å². The molecule has 0 aromatic heterocycles. The number of halogens is 3. The topological polar surface area (TPSA) is 29.1 Å². The highest BCUT2D eigenvalue weighted by Gasteiger charge is 2.29. The monoisotopic (exact) mass is 440 g/mol. The highest BCUT2D eigenvalue weighted by Crippen LogP contribution is 2.28. The van der Waals surface area contributed by atoms with Gasteiger partial charge in [0.05, 0.1) is 30.7 Å². The molecule has 0 unspecified atom stereocenters. The molecule has 1 aliphatic carbocycles. The van der Waals surface area contributed by atoms with Crippen molar-refractivity contribution in [1.82, 2.24) is 0 Å². The van der Waals surface area contributed by atoms with Crippen LogP contribution in [-0.4, -0.2) is 30.5 Å². The molecule has 1 amide bonds. The van der Waals surface area contributed by atoms with Crippen molar-refractivity contribution in [3.63, 3.8) is 0 Å². The lowest BCUT2D eigenvalue weighted by molar-refractivity contribution is -0.929. The van der Waals surface area contributed by atoms with E-state index in [0.717, 1.165) is 22.8 Å². The molecule has 2 aromatic rings. The Morgan fingerprint density at radius 3 is 2.32 bits per heavy atom. The Morgan fingerprint density at radius 2 is 1.68 bits per heavy atom. The van der Waals surface area contributed by atoms with Gasteiger partial charge in [0.1, 0.15) is 6.54 Å². The minimum Gasteiger partial charge on any atom is -1.00 e. The summed E-state index contributed by atoms with van der Waals surface area (Å²) >= 11 is 12.1. The molecule has 0 heterocycles. The van der Waals surface area contributed by atoms with Crippen LogP contribution in [0.5, 0.6) is 0 Å². The van der Waals surface area contributed by atoms with Crippen LogP contribution in [0.1, 0.15) is 48.0 Å². The summed E-state index contributed by atoms with van der Waals surface area (Å²) in [5.41, 5.74) is 2.41. The number of benzene rings is 2. The van der Waals surface area contributed by atoms with Crippen molar-refractivity contribution in [2.45, 2.75) is 44.7 Å². The summed E-state index contributed by atoms with van der Waals surface area (Å²) in [4.78, 5) is 12.5. The lowest BCUT2D eigenvalue weighted by Gasteiger charge is -2.40. The number of hydrogen-bond acceptors (Lipinski definition) is 1. The molecule has 0 radical (unpaired) electrons. The number of nitrogens with zero attached hydrogens (tertiary/aromatic N) is 1. The fourth-order valence-corrected chi connectivity index (χ4v) is 4.32. The average molecular weight is 442 g/mol. The Labute approximate surface area is 184 Å². The van der Waals surface area contributed by atoms with Crippen LogP contribution < -0.4 is 17.7 Å². The largest absolute Gasteiger partial charge is 1.00 e. The first kappa shape index (κ1) is 23.0. The molecule has 0 bridgehead atoms. The third-order valence-electron chi connectivity index (χ3n) is 5.54. The van der Waals surface area contributed by atoms with E-state index < -0.39 is 0 Å². The van der Waals surface area contributed by atoms with E-state index in [1.165, 1.54) is 37.7 Å². The first-order valence-corrected chi connectivity index (χ1v) is 10.3. The number of carbonyl (C=O) groups excluding carboxylic acids is 1. The second kappa shape index (κ2) is 9.98. The summed E-state index contributed by atoms with van der Waals surface area (Å²) in [5, 5.41) is 3.77. The highest BCUT2D eigenvalue weighted by atomic mass is 35.5. The summed E-state index contributed by atoms with van der Waals surface area (Å²) in [6, 6.07) is 13.7. The molecule has 0 atom stereocenters. The normalized spacial score (nSPS) is 15.0. The molecule has 28 heavy (non-hydrogen) atoms. The molecule has 2 aromatic carbocycles. The van der Waals surface area contributed by atoms with Gasteiger partial charge < -0.3 is 22.2 Å². The predicted octanol–water partition coefficient (Wildman–Crippen LogP) is 3.16. The molecule has 1 saturated carbocycles. The van der Waals surface area contributed by atoms with Crippen LogP contribution in [-0.2, 0) is 6.54 Å². The summed E-state index contributed by atoms with van der Waals surface area (Å²) in [6.07, 6.45) is 6.72. The van der Waals surface area contributed by atoms with Crippen molar-refractivity contribution in [3.05, 3.63) is 63.6 Å². The molecule has 1 N–H and O–H groups in total. The Kier molecular flexibility index (Phi) is 8.20. The standard InChI is InChI=1S/C22H26Cl2N2O.ClH/c1-26(2,19-6-4-3-5-7-19)15-16-8-11-18(12-9-16)25-22(27)20-14-17(23)10-13-21(20)24;/h8-14,19H,3-7,15H2,1-2H3;1H. The van der Waals surface area contributed by atoms with Crippen molar-refractivity contribution in [2.24, 2.45) is 0 Å². The quantitative estimate of drug-likeness (QED) is 0.710. The molecule has 3 nitrogen and oxygen atoms in total. The van der Waals surface area contributed by atoms with Gasteiger partial charge in [0.15, 0.2) is 0 Å². The van der Waals surface area contributed by atoms with Crippen LogP contribution in [0.25, 0.3) is 0 Å². The van der Waals surface area contributed by atoms with Gasteiger partial charge in [0.25, 0.3) is 5.91 Å². The summed E-state index contributed by atoms with van der Waals surface area (Å²) in [7, 11) is 4.65. The third-order valence-corrected chi connectivity index (χ3v) is 6.10. The smallest absolute Gasteiger partial charge is 0.257 e. The number of amides is 1. The number of hydrogen-bond donors (Lipinski definition) is 1. The zero-order valence-corrected chi connectivity index (χ0v) is 18.6. The van der Waals surface area contributed by atoms with E-state index in [1.807, 2.05) is 12.1 Å². The van der Waals surface area contributed by atoms with Crippen LogP contribution in [0.2, 0.25) is 10.0 Å². The Bertz CT molecular complexity index is 800. The van der Waals surface area contributed by atoms with E-state index in [1.54, 1.807) is 18.2 Å². The summed E-state index contributed by atoms with van der Waals surface area (Å²) < 4.78 is 1.02. The van der Waals surface area contributed by atoms with Crippen molar-refractivity contribution in [2.75, 3.05) is 19.4 Å². The van der Waals surface area contributed by atoms with Crippen LogP contribution >= 0.6 is 23.2 Å². The maximum Gasteiger partial charge on any atom is 0.257 e. The van der Waals surface area contributed by atoms with Gasteiger partial charge in [-0.2, -0.15) is 0 Å². The molecular formula is C22H27Cl3N2O. The first-order valence-electron chi connectivity index (χ1n) is 9.53. The Morgan fingerprint density at radius 1 is 1.04 bits per heavy atom. The zero-order valence-electron chi connectivity index (χ0n) is 16.4. The van der Waals surface area contributed by atoms with E-state index in [2.05, 4.69) is 31.5 Å². The second-order valence-electron chi connectivity index (χ2n) is 8.00. The van der Waals surface area contributed by atoms with Gasteiger partial charge in [-0.25, -0.2) is 0 Å². The molecule has 1 aliphatic rings. The van der Waals surface area contributed by atoms with Crippen molar-refractivity contribution in [1.29, 1.82) is 0 Å². The lowest BCUT2D eigenvalue weighted by atomic mass is 9.92. The molecule has 0 saturated heterocycles. The first-order chi connectivity index (χ1) is 12.8. The van der Waals surface area contributed by atoms with Crippen molar-refractivity contribution < 1.29 is 21.7 Å². The third kappa shape index (κ3) is 5.87. The van der Waals surface area contributed by atoms with Crippen LogP contribution in [0.15, 0.2) is 42.5 Å². The Balaban J connectivity index is 0.00000280. The lowest BCUT2D eigenvalue weighted by Crippen LogP contribution is -3.00. The van der Waals surface area contributed by atoms with Gasteiger partial charge in [-0.05, 0) is 56.0 Å². The second-order valence-corrected chi connectivity index (χ2v) is 8.85. The zero-order chi connectivity index (χ0) is 19.4. The van der Waals surface area contributed by atoms with Crippen LogP contribution in [0.3, 0.4) is 0 Å². The van der Waals surface area contributed by atoms with E-state index >= 15 is 0 Å². The molecule has 1 fully saturated rings. The fraction of sp³-hybridized carbons (Fsp3) is 0.409. The van der Waals surface area contributed by atoms with E-state index in [9.17, 15) is 4.79 Å². The van der Waals surface area contributed by atoms with Gasteiger partial charge in [-0.1, -0.05) is 41.8 Å². The molecular weight excluding hydrogens is 415 g/mol. The van der Waals surface area contributed by atoms with E-state index in [-0.39, 0.29) is 18.3 Å². The minimum absolute atomic E-state index is 0. The number of anilines is 1. The number of carbonyl (C=O) groups is 1. The van der Waals surface area contributed by atoms with Crippen molar-refractivity contribution in [3.8, 4) is 0 Å². The van der Waals surface area contributed by atoms with Gasteiger partial charge in [-0.3, -0.25) is 4.79 Å². The molecule has 6 heteroatoms. The maximum atomic E-state index is 12.5.